The average Bonchev–Trinajstić information content (AvgIpc) is 2.18. The second-order valence-corrected chi connectivity index (χ2v) is 4.44. The number of rotatable bonds is 3. The van der Waals surface area contributed by atoms with Gasteiger partial charge in [0.15, 0.2) is 10.3 Å². The largest absolute Gasteiger partial charge is 0.347 e. The molecule has 0 atom stereocenters. The highest BCUT2D eigenvalue weighted by atomic mass is 79.9. The highest BCUT2D eigenvalue weighted by Crippen LogP contribution is 2.15. The SMILES string of the molecule is C=C(Br)CNC(=O)c1cc(Cl)nnc1Cl. The minimum Gasteiger partial charge on any atom is -0.347 e. The molecule has 0 aliphatic heterocycles. The predicted molar refractivity (Wildman–Crippen MR) is 62.5 cm³/mol. The van der Waals surface area contributed by atoms with E-state index in [-0.39, 0.29) is 21.8 Å². The quantitative estimate of drug-likeness (QED) is 0.933. The van der Waals surface area contributed by atoms with Gasteiger partial charge in [0.25, 0.3) is 5.91 Å². The molecule has 0 saturated heterocycles. The van der Waals surface area contributed by atoms with Crippen LogP contribution in [0.2, 0.25) is 10.3 Å². The summed E-state index contributed by atoms with van der Waals surface area (Å²) in [6.45, 7) is 3.88. The summed E-state index contributed by atoms with van der Waals surface area (Å²) >= 11 is 14.4. The molecule has 1 rings (SSSR count). The standard InChI is InChI=1S/C8H6BrCl2N3O/c1-4(9)3-12-8(15)5-2-6(10)13-14-7(5)11/h2H,1,3H2,(H,12,15). The maximum Gasteiger partial charge on any atom is 0.254 e. The van der Waals surface area contributed by atoms with Gasteiger partial charge in [-0.05, 0) is 6.07 Å². The van der Waals surface area contributed by atoms with Crippen molar-refractivity contribution in [1.82, 2.24) is 15.5 Å². The molecule has 1 amide bonds. The third-order valence-corrected chi connectivity index (χ3v) is 2.15. The number of halogens is 3. The van der Waals surface area contributed by atoms with Crippen molar-refractivity contribution < 1.29 is 4.79 Å². The van der Waals surface area contributed by atoms with Gasteiger partial charge in [-0.1, -0.05) is 45.7 Å². The lowest BCUT2D eigenvalue weighted by molar-refractivity contribution is 0.0957. The Labute approximate surface area is 105 Å². The molecule has 0 unspecified atom stereocenters. The fraction of sp³-hybridized carbons (Fsp3) is 0.125. The maximum atomic E-state index is 11.5. The molecule has 7 heteroatoms. The van der Waals surface area contributed by atoms with Crippen LogP contribution in [0.1, 0.15) is 10.4 Å². The summed E-state index contributed by atoms with van der Waals surface area (Å²) < 4.78 is 0.653. The summed E-state index contributed by atoms with van der Waals surface area (Å²) in [5, 5.41) is 9.70. The Morgan fingerprint density at radius 3 is 2.80 bits per heavy atom. The molecule has 0 spiro atoms. The van der Waals surface area contributed by atoms with Crippen molar-refractivity contribution in [3.8, 4) is 0 Å². The molecule has 4 nitrogen and oxygen atoms in total. The first-order valence-corrected chi connectivity index (χ1v) is 5.36. The molecule has 0 fully saturated rings. The van der Waals surface area contributed by atoms with Crippen LogP contribution < -0.4 is 5.32 Å². The van der Waals surface area contributed by atoms with Gasteiger partial charge in [-0.15, -0.1) is 10.2 Å². The summed E-state index contributed by atoms with van der Waals surface area (Å²) in [6.07, 6.45) is 0. The molecule has 1 aromatic heterocycles. The zero-order valence-electron chi connectivity index (χ0n) is 7.43. The van der Waals surface area contributed by atoms with E-state index in [1.807, 2.05) is 0 Å². The van der Waals surface area contributed by atoms with Crippen molar-refractivity contribution in [3.05, 3.63) is 33.0 Å². The molecule has 0 radical (unpaired) electrons. The Morgan fingerprint density at radius 2 is 2.20 bits per heavy atom. The van der Waals surface area contributed by atoms with E-state index < -0.39 is 0 Å². The Bertz CT molecular complexity index is 411. The van der Waals surface area contributed by atoms with Crippen LogP contribution >= 0.6 is 39.1 Å². The Morgan fingerprint density at radius 1 is 1.53 bits per heavy atom. The molecule has 80 valence electrons. The second-order valence-electron chi connectivity index (χ2n) is 2.57. The van der Waals surface area contributed by atoms with Crippen LogP contribution in [0.25, 0.3) is 0 Å². The highest BCUT2D eigenvalue weighted by molar-refractivity contribution is 9.11. The lowest BCUT2D eigenvalue weighted by atomic mass is 10.3. The van der Waals surface area contributed by atoms with Crippen molar-refractivity contribution in [2.45, 2.75) is 0 Å². The lowest BCUT2D eigenvalue weighted by Gasteiger charge is -2.04. The van der Waals surface area contributed by atoms with Crippen LogP contribution in [0.4, 0.5) is 0 Å². The van der Waals surface area contributed by atoms with Crippen LogP contribution in [-0.4, -0.2) is 22.6 Å². The molecule has 0 aromatic carbocycles. The van der Waals surface area contributed by atoms with E-state index in [4.69, 9.17) is 23.2 Å². The van der Waals surface area contributed by atoms with E-state index in [0.29, 0.717) is 11.0 Å². The zero-order valence-corrected chi connectivity index (χ0v) is 10.5. The fourth-order valence-electron chi connectivity index (χ4n) is 0.784. The first-order valence-electron chi connectivity index (χ1n) is 3.81. The van der Waals surface area contributed by atoms with Crippen molar-refractivity contribution in [3.63, 3.8) is 0 Å². The van der Waals surface area contributed by atoms with Gasteiger partial charge in [-0.2, -0.15) is 0 Å². The molecular formula is C8H6BrCl2N3O. The van der Waals surface area contributed by atoms with Crippen LogP contribution in [0, 0.1) is 0 Å². The number of carbonyl (C=O) groups excluding carboxylic acids is 1. The maximum absolute atomic E-state index is 11.5. The van der Waals surface area contributed by atoms with Crippen LogP contribution in [0.5, 0.6) is 0 Å². The van der Waals surface area contributed by atoms with Crippen molar-refractivity contribution in [2.75, 3.05) is 6.54 Å². The number of hydrogen-bond acceptors (Lipinski definition) is 3. The summed E-state index contributed by atoms with van der Waals surface area (Å²) in [7, 11) is 0. The van der Waals surface area contributed by atoms with Gasteiger partial charge in [-0.25, -0.2) is 0 Å². The molecule has 0 saturated carbocycles. The van der Waals surface area contributed by atoms with E-state index in [1.54, 1.807) is 0 Å². The number of nitrogens with one attached hydrogen (secondary N) is 1. The Balaban J connectivity index is 2.81. The van der Waals surface area contributed by atoms with Gasteiger partial charge in [-0.3, -0.25) is 4.79 Å². The van der Waals surface area contributed by atoms with E-state index in [2.05, 4.69) is 38.0 Å². The van der Waals surface area contributed by atoms with Gasteiger partial charge in [0.2, 0.25) is 0 Å². The van der Waals surface area contributed by atoms with Crippen LogP contribution in [0.3, 0.4) is 0 Å². The number of aromatic nitrogens is 2. The van der Waals surface area contributed by atoms with Gasteiger partial charge in [0.05, 0.1) is 5.56 Å². The monoisotopic (exact) mass is 309 g/mol. The van der Waals surface area contributed by atoms with Gasteiger partial charge >= 0.3 is 0 Å². The van der Waals surface area contributed by atoms with Gasteiger partial charge < -0.3 is 5.32 Å². The van der Waals surface area contributed by atoms with E-state index in [1.165, 1.54) is 6.07 Å². The third kappa shape index (κ3) is 3.77. The topological polar surface area (TPSA) is 54.9 Å². The predicted octanol–water partition coefficient (Wildman–Crippen LogP) is 2.42. The smallest absolute Gasteiger partial charge is 0.254 e. The Kier molecular flexibility index (Phi) is 4.50. The normalized spacial score (nSPS) is 9.80. The first kappa shape index (κ1) is 12.4. The van der Waals surface area contributed by atoms with Gasteiger partial charge in [0.1, 0.15) is 0 Å². The van der Waals surface area contributed by atoms with Crippen molar-refractivity contribution in [2.24, 2.45) is 0 Å². The summed E-state index contributed by atoms with van der Waals surface area (Å²) in [5.41, 5.74) is 0.186. The fourth-order valence-corrected chi connectivity index (χ4v) is 1.25. The molecule has 0 bridgehead atoms. The molecular weight excluding hydrogens is 305 g/mol. The molecule has 1 heterocycles. The summed E-state index contributed by atoms with van der Waals surface area (Å²) in [4.78, 5) is 11.5. The number of nitrogens with zero attached hydrogens (tertiary/aromatic N) is 2. The molecule has 0 aliphatic carbocycles. The molecule has 1 N–H and O–H groups in total. The van der Waals surface area contributed by atoms with Gasteiger partial charge in [0, 0.05) is 11.0 Å². The first-order chi connectivity index (χ1) is 7.00. The van der Waals surface area contributed by atoms with Crippen LogP contribution in [-0.2, 0) is 0 Å². The van der Waals surface area contributed by atoms with E-state index >= 15 is 0 Å². The summed E-state index contributed by atoms with van der Waals surface area (Å²) in [5.74, 6) is -0.377. The van der Waals surface area contributed by atoms with Crippen molar-refractivity contribution in [1.29, 1.82) is 0 Å². The highest BCUT2D eigenvalue weighted by Gasteiger charge is 2.12. The molecule has 1 aromatic rings. The minimum atomic E-state index is -0.377. The molecule has 15 heavy (non-hydrogen) atoms. The number of hydrogen-bond donors (Lipinski definition) is 1. The van der Waals surface area contributed by atoms with E-state index in [0.717, 1.165) is 0 Å². The zero-order chi connectivity index (χ0) is 11.4. The Hall–Kier alpha value is -0.650. The lowest BCUT2D eigenvalue weighted by Crippen LogP contribution is -2.25. The van der Waals surface area contributed by atoms with Crippen molar-refractivity contribution >= 4 is 45.0 Å². The molecule has 0 aliphatic rings. The van der Waals surface area contributed by atoms with Crippen LogP contribution in [0.15, 0.2) is 17.1 Å². The minimum absolute atomic E-state index is 0.0112. The summed E-state index contributed by atoms with van der Waals surface area (Å²) in [6, 6.07) is 1.35. The third-order valence-electron chi connectivity index (χ3n) is 1.40. The number of amides is 1. The van der Waals surface area contributed by atoms with E-state index in [9.17, 15) is 4.79 Å². The number of carbonyl (C=O) groups is 1. The second kappa shape index (κ2) is 5.44. The average molecular weight is 311 g/mol.